The Hall–Kier alpha value is -7.35. The largest absolute Gasteiger partial charge is 0.458 e. The summed E-state index contributed by atoms with van der Waals surface area (Å²) in [7, 11) is 1.42. The van der Waals surface area contributed by atoms with Crippen LogP contribution >= 0.6 is 0 Å². The van der Waals surface area contributed by atoms with Gasteiger partial charge in [0.25, 0.3) is 0 Å². The zero-order valence-corrected chi connectivity index (χ0v) is 44.2. The van der Waals surface area contributed by atoms with Crippen molar-refractivity contribution >= 4 is 53.4 Å². The molecule has 20 nitrogen and oxygen atoms in total. The highest BCUT2D eigenvalue weighted by atomic mass is 16.6. The number of cyclic esters (lactones) is 1. The van der Waals surface area contributed by atoms with E-state index in [2.05, 4.69) is 31.9 Å². The summed E-state index contributed by atoms with van der Waals surface area (Å²) >= 11 is 0. The lowest BCUT2D eigenvalue weighted by molar-refractivity contribution is -0.166. The minimum atomic E-state index is -1.76. The number of rotatable bonds is 15. The maximum Gasteiger partial charge on any atom is 0.408 e. The van der Waals surface area contributed by atoms with Gasteiger partial charge in [-0.15, -0.1) is 0 Å². The van der Waals surface area contributed by atoms with Crippen LogP contribution in [0.5, 0.6) is 0 Å². The van der Waals surface area contributed by atoms with Crippen molar-refractivity contribution in [2.24, 2.45) is 17.8 Å². The molecule has 2 aliphatic heterocycles. The summed E-state index contributed by atoms with van der Waals surface area (Å²) < 4.78 is 11.3. The lowest BCUT2D eigenvalue weighted by Gasteiger charge is -2.43. The summed E-state index contributed by atoms with van der Waals surface area (Å²) in [6.07, 6.45) is -3.92. The first-order chi connectivity index (χ1) is 35.6. The second kappa shape index (κ2) is 27.3. The number of esters is 1. The number of aliphatic hydroxyl groups excluding tert-OH is 1. The average Bonchev–Trinajstić information content (AvgIpc) is 3.37. The van der Waals surface area contributed by atoms with Crippen molar-refractivity contribution in [3.05, 3.63) is 108 Å². The van der Waals surface area contributed by atoms with Crippen LogP contribution in [-0.4, -0.2) is 136 Å². The molecule has 20 heteroatoms. The van der Waals surface area contributed by atoms with E-state index in [4.69, 9.17) is 9.47 Å². The van der Waals surface area contributed by atoms with Crippen molar-refractivity contribution in [3.63, 3.8) is 0 Å². The second-order valence-electron chi connectivity index (χ2n) is 20.4. The fraction of sp³-hybridized carbons (Fsp3) is 0.509. The van der Waals surface area contributed by atoms with Gasteiger partial charge in [-0.2, -0.15) is 0 Å². The molecule has 1 unspecified atom stereocenters. The van der Waals surface area contributed by atoms with Crippen LogP contribution in [-0.2, 0) is 67.3 Å². The first-order valence-electron chi connectivity index (χ1n) is 25.6. The standard InChI is InChI=1S/C55H74N8O12/c1-31(2)27-42-53(71)62(9)41(29-37-21-15-11-16-22-37)49(67)60-45(33(5)6)54(72)75-35(8)46(51(69)59-44(32(3)4)50(68)57-39-25-26-43(64)63(42)52(39)70)61-48(66)40(28-36-19-13-10-14-20-36)58-47(65)34(7)56-55(73)74-30-38-23-17-12-18-24-38/h10-24,31-35,39-46,64H,25-30H2,1-9H3,(H,56,73)(H,57,68)(H,58,65)(H,59,69)(H,60,67)(H,61,66)/t34?,35-,39+,40+,41+,42+,43-,44+,45+,46+/m1/s1. The topological polar surface area (TPSA) is 271 Å². The van der Waals surface area contributed by atoms with Crippen LogP contribution in [0.1, 0.15) is 91.3 Å². The minimum absolute atomic E-state index is 0.0156. The van der Waals surface area contributed by atoms with E-state index >= 15 is 0 Å². The molecule has 406 valence electrons. The van der Waals surface area contributed by atoms with Gasteiger partial charge in [0.1, 0.15) is 67.3 Å². The summed E-state index contributed by atoms with van der Waals surface area (Å²) in [5.74, 6) is -8.08. The van der Waals surface area contributed by atoms with E-state index in [9.17, 15) is 48.3 Å². The van der Waals surface area contributed by atoms with Gasteiger partial charge < -0.3 is 56.3 Å². The van der Waals surface area contributed by atoms with Gasteiger partial charge in [-0.1, -0.05) is 133 Å². The fourth-order valence-corrected chi connectivity index (χ4v) is 8.94. The number of nitrogens with zero attached hydrogens (tertiary/aromatic N) is 2. The predicted octanol–water partition coefficient (Wildman–Crippen LogP) is 2.65. The Bertz CT molecular complexity index is 2460. The van der Waals surface area contributed by atoms with Gasteiger partial charge in [0.05, 0.1) is 0 Å². The molecular weight excluding hydrogens is 965 g/mol. The SMILES string of the molecule is CC(C)C[C@H]1C(=O)N(C)[C@@H](Cc2ccccc2)C(=O)N[C@@H](C(C)C)C(=O)O[C@H](C)[C@H](NC(=O)[C@H](Cc2ccccc2)NC(=O)C(C)NC(=O)OCc2ccccc2)C(=O)N[C@@H](C(C)C)C(=O)N[C@H]2CC[C@@H](O)N1C2=O. The molecule has 2 heterocycles. The van der Waals surface area contributed by atoms with E-state index < -0.39 is 126 Å². The van der Waals surface area contributed by atoms with Crippen molar-refractivity contribution in [3.8, 4) is 0 Å². The second-order valence-corrected chi connectivity index (χ2v) is 20.4. The van der Waals surface area contributed by atoms with E-state index in [1.807, 2.05) is 19.9 Å². The number of carbonyl (C=O) groups excluding carboxylic acids is 9. The van der Waals surface area contributed by atoms with Gasteiger partial charge in [0, 0.05) is 19.9 Å². The van der Waals surface area contributed by atoms with Crippen LogP contribution in [0.15, 0.2) is 91.0 Å². The molecule has 5 rings (SSSR count). The maximum atomic E-state index is 14.8. The Morgan fingerprint density at radius 2 is 1.24 bits per heavy atom. The Labute approximate surface area is 438 Å². The number of carbonyl (C=O) groups is 9. The minimum Gasteiger partial charge on any atom is -0.458 e. The quantitative estimate of drug-likeness (QED) is 0.108. The lowest BCUT2D eigenvalue weighted by atomic mass is 9.94. The third-order valence-corrected chi connectivity index (χ3v) is 13.3. The molecule has 2 aliphatic rings. The van der Waals surface area contributed by atoms with E-state index in [1.165, 1.54) is 25.8 Å². The van der Waals surface area contributed by atoms with Gasteiger partial charge in [-0.05, 0) is 67.6 Å². The van der Waals surface area contributed by atoms with Crippen molar-refractivity contribution in [1.82, 2.24) is 41.7 Å². The molecule has 3 aromatic rings. The van der Waals surface area contributed by atoms with E-state index in [0.29, 0.717) is 16.7 Å². The van der Waals surface area contributed by atoms with E-state index in [0.717, 1.165) is 4.90 Å². The van der Waals surface area contributed by atoms with E-state index in [1.54, 1.807) is 113 Å². The number of piperidine rings is 1. The molecule has 8 amide bonds. The summed E-state index contributed by atoms with van der Waals surface area (Å²) in [5.41, 5.74) is 1.99. The molecule has 7 N–H and O–H groups in total. The molecular formula is C55H74N8O12. The summed E-state index contributed by atoms with van der Waals surface area (Å²) in [6, 6.07) is 15.5. The van der Waals surface area contributed by atoms with Crippen molar-refractivity contribution in [2.75, 3.05) is 7.05 Å². The highest BCUT2D eigenvalue weighted by molar-refractivity contribution is 5.99. The third-order valence-electron chi connectivity index (χ3n) is 13.3. The summed E-state index contributed by atoms with van der Waals surface area (Å²) in [4.78, 5) is 131. The van der Waals surface area contributed by atoms with Crippen molar-refractivity contribution < 1.29 is 57.7 Å². The lowest BCUT2D eigenvalue weighted by Crippen LogP contribution is -2.65. The molecule has 0 saturated carbocycles. The zero-order valence-electron chi connectivity index (χ0n) is 44.2. The van der Waals surface area contributed by atoms with Crippen LogP contribution < -0.4 is 31.9 Å². The molecule has 3 aromatic carbocycles. The Kier molecular flexibility index (Phi) is 21.3. The zero-order chi connectivity index (χ0) is 55.1. The number of nitrogens with one attached hydrogen (secondary N) is 6. The van der Waals surface area contributed by atoms with Gasteiger partial charge in [0.2, 0.25) is 41.4 Å². The molecule has 2 bridgehead atoms. The molecule has 0 spiro atoms. The number of fused-ring (bicyclic) bond motifs is 2. The van der Waals surface area contributed by atoms with Gasteiger partial charge in [-0.25, -0.2) is 9.59 Å². The number of hydrogen-bond acceptors (Lipinski definition) is 12. The van der Waals surface area contributed by atoms with Gasteiger partial charge in [0.15, 0.2) is 0 Å². The molecule has 75 heavy (non-hydrogen) atoms. The fourth-order valence-electron chi connectivity index (χ4n) is 8.94. The first kappa shape index (κ1) is 58.5. The number of ether oxygens (including phenoxy) is 2. The molecule has 2 saturated heterocycles. The molecule has 10 atom stereocenters. The van der Waals surface area contributed by atoms with Crippen molar-refractivity contribution in [1.29, 1.82) is 0 Å². The van der Waals surface area contributed by atoms with Gasteiger partial charge in [-0.3, -0.25) is 33.6 Å². The van der Waals surface area contributed by atoms with Crippen LogP contribution in [0.2, 0.25) is 0 Å². The highest BCUT2D eigenvalue weighted by Crippen LogP contribution is 2.26. The number of hydrogen-bond donors (Lipinski definition) is 7. The maximum absolute atomic E-state index is 14.8. The molecule has 2 fully saturated rings. The third kappa shape index (κ3) is 16.3. The number of amides is 8. The van der Waals surface area contributed by atoms with Crippen LogP contribution in [0, 0.1) is 17.8 Å². The number of likely N-dealkylation sites (N-methyl/N-ethyl adjacent to an activating group) is 1. The molecule has 0 radical (unpaired) electrons. The molecule has 0 aliphatic carbocycles. The summed E-state index contributed by atoms with van der Waals surface area (Å²) in [6.45, 7) is 12.9. The predicted molar refractivity (Wildman–Crippen MR) is 276 cm³/mol. The Balaban J connectivity index is 1.52. The van der Waals surface area contributed by atoms with E-state index in [-0.39, 0.29) is 44.6 Å². The normalized spacial score (nSPS) is 24.1. The van der Waals surface area contributed by atoms with Crippen molar-refractivity contribution in [2.45, 2.75) is 155 Å². The molecule has 0 aromatic heterocycles. The monoisotopic (exact) mass is 1040 g/mol. The van der Waals surface area contributed by atoms with Crippen LogP contribution in [0.3, 0.4) is 0 Å². The average molecular weight is 1040 g/mol. The Morgan fingerprint density at radius 3 is 1.81 bits per heavy atom. The number of alkyl carbamates (subject to hydrolysis) is 1. The Morgan fingerprint density at radius 1 is 0.680 bits per heavy atom. The van der Waals surface area contributed by atoms with Crippen LogP contribution in [0.25, 0.3) is 0 Å². The smallest absolute Gasteiger partial charge is 0.408 e. The highest BCUT2D eigenvalue weighted by Gasteiger charge is 2.46. The van der Waals surface area contributed by atoms with Gasteiger partial charge >= 0.3 is 12.1 Å². The number of benzene rings is 3. The first-order valence-corrected chi connectivity index (χ1v) is 25.6. The summed E-state index contributed by atoms with van der Waals surface area (Å²) in [5, 5.41) is 27.4. The number of aliphatic hydroxyl groups is 1. The van der Waals surface area contributed by atoms with Crippen LogP contribution in [0.4, 0.5) is 4.79 Å².